The normalized spacial score (nSPS) is 12.2. The molecule has 124 valence electrons. The van der Waals surface area contributed by atoms with E-state index in [0.29, 0.717) is 6.61 Å². The van der Waals surface area contributed by atoms with Crippen LogP contribution in [-0.2, 0) is 17.6 Å². The molecule has 0 radical (unpaired) electrons. The van der Waals surface area contributed by atoms with Gasteiger partial charge in [0.1, 0.15) is 0 Å². The van der Waals surface area contributed by atoms with E-state index in [-0.39, 0.29) is 5.04 Å². The van der Waals surface area contributed by atoms with Crippen molar-refractivity contribution in [1.29, 1.82) is 0 Å². The van der Waals surface area contributed by atoms with Crippen molar-refractivity contribution in [1.82, 2.24) is 0 Å². The lowest BCUT2D eigenvalue weighted by Gasteiger charge is -2.36. The Bertz CT molecular complexity index is 600. The number of nitrogens with one attached hydrogen (secondary N) is 1. The summed E-state index contributed by atoms with van der Waals surface area (Å²) in [5, 5.41) is 3.71. The molecule has 1 N–H and O–H groups in total. The molecule has 0 heterocycles. The van der Waals surface area contributed by atoms with E-state index < -0.39 is 8.32 Å². The van der Waals surface area contributed by atoms with Crippen molar-refractivity contribution in [3.05, 3.63) is 65.7 Å². The molecule has 0 spiro atoms. The molecule has 2 rings (SSSR count). The number of rotatable bonds is 6. The molecular weight excluding hydrogens is 298 g/mol. The van der Waals surface area contributed by atoms with Gasteiger partial charge in [0.2, 0.25) is 0 Å². The quantitative estimate of drug-likeness (QED) is 0.675. The van der Waals surface area contributed by atoms with E-state index >= 15 is 0 Å². The highest BCUT2D eigenvalue weighted by molar-refractivity contribution is 6.74. The summed E-state index contributed by atoms with van der Waals surface area (Å²) in [5.74, 6) is 0. The molecule has 0 aliphatic carbocycles. The number of hydrogen-bond acceptors (Lipinski definition) is 2. The summed E-state index contributed by atoms with van der Waals surface area (Å²) in [7, 11) is -1.68. The first-order chi connectivity index (χ1) is 10.8. The van der Waals surface area contributed by atoms with Crippen LogP contribution in [0.2, 0.25) is 18.1 Å². The summed E-state index contributed by atoms with van der Waals surface area (Å²) in [6.45, 7) is 13.0. The third kappa shape index (κ3) is 5.22. The summed E-state index contributed by atoms with van der Waals surface area (Å²) >= 11 is 0. The maximum Gasteiger partial charge on any atom is 0.192 e. The summed E-state index contributed by atoms with van der Waals surface area (Å²) in [4.78, 5) is 0. The SMILES string of the molecule is CC(C)(C)[Si](C)(C)OCc1ccc(NCc2ccccc2)cc1. The van der Waals surface area contributed by atoms with Crippen LogP contribution < -0.4 is 5.32 Å². The fourth-order valence-electron chi connectivity index (χ4n) is 2.00. The van der Waals surface area contributed by atoms with Crippen LogP contribution in [-0.4, -0.2) is 8.32 Å². The van der Waals surface area contributed by atoms with Crippen molar-refractivity contribution in [2.24, 2.45) is 0 Å². The molecule has 0 saturated carbocycles. The van der Waals surface area contributed by atoms with E-state index in [1.807, 2.05) is 6.07 Å². The summed E-state index contributed by atoms with van der Waals surface area (Å²) < 4.78 is 6.27. The minimum atomic E-state index is -1.68. The zero-order valence-electron chi connectivity index (χ0n) is 15.0. The molecule has 0 unspecified atom stereocenters. The standard InChI is InChI=1S/C20H29NOSi/c1-20(2,3)23(4,5)22-16-18-11-13-19(14-12-18)21-15-17-9-7-6-8-10-17/h6-14,21H,15-16H2,1-5H3. The lowest BCUT2D eigenvalue weighted by Crippen LogP contribution is -2.40. The lowest BCUT2D eigenvalue weighted by atomic mass is 10.2. The Morgan fingerprint density at radius 3 is 2.04 bits per heavy atom. The van der Waals surface area contributed by atoms with Gasteiger partial charge in [0.25, 0.3) is 0 Å². The van der Waals surface area contributed by atoms with Crippen molar-refractivity contribution >= 4 is 14.0 Å². The second-order valence-electron chi connectivity index (χ2n) is 7.59. The summed E-state index contributed by atoms with van der Waals surface area (Å²) in [6.07, 6.45) is 0. The van der Waals surface area contributed by atoms with Gasteiger partial charge in [0.05, 0.1) is 6.61 Å². The van der Waals surface area contributed by atoms with E-state index in [1.165, 1.54) is 11.1 Å². The van der Waals surface area contributed by atoms with Crippen molar-refractivity contribution in [3.63, 3.8) is 0 Å². The molecule has 0 fully saturated rings. The maximum atomic E-state index is 6.27. The maximum absolute atomic E-state index is 6.27. The van der Waals surface area contributed by atoms with Crippen LogP contribution >= 0.6 is 0 Å². The Morgan fingerprint density at radius 2 is 1.48 bits per heavy atom. The van der Waals surface area contributed by atoms with Crippen LogP contribution in [0.1, 0.15) is 31.9 Å². The first-order valence-electron chi connectivity index (χ1n) is 8.29. The minimum Gasteiger partial charge on any atom is -0.413 e. The van der Waals surface area contributed by atoms with Gasteiger partial charge < -0.3 is 9.74 Å². The number of benzene rings is 2. The molecule has 0 aliphatic rings. The van der Waals surface area contributed by atoms with Gasteiger partial charge in [-0.3, -0.25) is 0 Å². The summed E-state index contributed by atoms with van der Waals surface area (Å²) in [5.41, 5.74) is 3.67. The average molecular weight is 328 g/mol. The predicted molar refractivity (Wildman–Crippen MR) is 102 cm³/mol. The minimum absolute atomic E-state index is 0.254. The highest BCUT2D eigenvalue weighted by atomic mass is 28.4. The molecule has 0 saturated heterocycles. The smallest absolute Gasteiger partial charge is 0.192 e. The molecule has 3 heteroatoms. The van der Waals surface area contributed by atoms with Crippen molar-refractivity contribution in [3.8, 4) is 0 Å². The zero-order valence-corrected chi connectivity index (χ0v) is 16.0. The van der Waals surface area contributed by atoms with Gasteiger partial charge in [-0.25, -0.2) is 0 Å². The lowest BCUT2D eigenvalue weighted by molar-refractivity contribution is 0.276. The Balaban J connectivity index is 1.87. The molecule has 2 nitrogen and oxygen atoms in total. The average Bonchev–Trinajstić information content (AvgIpc) is 2.52. The van der Waals surface area contributed by atoms with Gasteiger partial charge in [-0.1, -0.05) is 63.2 Å². The van der Waals surface area contributed by atoms with E-state index in [1.54, 1.807) is 0 Å². The number of hydrogen-bond donors (Lipinski definition) is 1. The Hall–Kier alpha value is -1.58. The van der Waals surface area contributed by atoms with Crippen LogP contribution in [0.25, 0.3) is 0 Å². The van der Waals surface area contributed by atoms with E-state index in [4.69, 9.17) is 4.43 Å². The van der Waals surface area contributed by atoms with Crippen molar-refractivity contribution < 1.29 is 4.43 Å². The molecular formula is C20H29NOSi. The Labute approximate surface area is 142 Å². The summed E-state index contributed by atoms with van der Waals surface area (Å²) in [6, 6.07) is 19.0. The molecule has 0 aliphatic heterocycles. The van der Waals surface area contributed by atoms with Crippen LogP contribution in [0.15, 0.2) is 54.6 Å². The molecule has 0 amide bonds. The Morgan fingerprint density at radius 1 is 0.870 bits per heavy atom. The second kappa shape index (κ2) is 7.32. The predicted octanol–water partition coefficient (Wildman–Crippen LogP) is 5.82. The van der Waals surface area contributed by atoms with E-state index in [0.717, 1.165) is 12.2 Å². The fraction of sp³-hybridized carbons (Fsp3) is 0.400. The molecule has 0 aromatic heterocycles. The highest BCUT2D eigenvalue weighted by Crippen LogP contribution is 2.37. The largest absolute Gasteiger partial charge is 0.413 e. The molecule has 0 bridgehead atoms. The molecule has 0 atom stereocenters. The topological polar surface area (TPSA) is 21.3 Å². The first-order valence-corrected chi connectivity index (χ1v) is 11.2. The van der Waals surface area contributed by atoms with Gasteiger partial charge in [-0.05, 0) is 41.4 Å². The van der Waals surface area contributed by atoms with Crippen LogP contribution in [0, 0.1) is 0 Å². The van der Waals surface area contributed by atoms with Gasteiger partial charge >= 0.3 is 0 Å². The Kier molecular flexibility index (Phi) is 5.66. The third-order valence-corrected chi connectivity index (χ3v) is 9.18. The van der Waals surface area contributed by atoms with E-state index in [9.17, 15) is 0 Å². The van der Waals surface area contributed by atoms with Crippen LogP contribution in [0.3, 0.4) is 0 Å². The third-order valence-electron chi connectivity index (χ3n) is 4.70. The highest BCUT2D eigenvalue weighted by Gasteiger charge is 2.36. The van der Waals surface area contributed by atoms with Gasteiger partial charge in [0, 0.05) is 12.2 Å². The van der Waals surface area contributed by atoms with Crippen molar-refractivity contribution in [2.75, 3.05) is 5.32 Å². The van der Waals surface area contributed by atoms with Gasteiger partial charge in [-0.15, -0.1) is 0 Å². The monoisotopic (exact) mass is 327 g/mol. The van der Waals surface area contributed by atoms with Crippen LogP contribution in [0.5, 0.6) is 0 Å². The van der Waals surface area contributed by atoms with Crippen molar-refractivity contribution in [2.45, 2.75) is 52.1 Å². The molecule has 2 aromatic rings. The molecule has 2 aromatic carbocycles. The zero-order chi connectivity index (χ0) is 16.9. The molecule has 23 heavy (non-hydrogen) atoms. The van der Waals surface area contributed by atoms with Gasteiger partial charge in [-0.2, -0.15) is 0 Å². The second-order valence-corrected chi connectivity index (χ2v) is 12.4. The van der Waals surface area contributed by atoms with E-state index in [2.05, 4.69) is 87.7 Å². The van der Waals surface area contributed by atoms with Gasteiger partial charge in [0.15, 0.2) is 8.32 Å². The fourth-order valence-corrected chi connectivity index (χ4v) is 2.96. The van der Waals surface area contributed by atoms with Crippen LogP contribution in [0.4, 0.5) is 5.69 Å². The number of anilines is 1. The first kappa shape index (κ1) is 17.8.